The van der Waals surface area contributed by atoms with Crippen molar-refractivity contribution >= 4 is 22.6 Å². The van der Waals surface area contributed by atoms with Crippen LogP contribution in [-0.2, 0) is 11.3 Å². The maximum absolute atomic E-state index is 12.8. The predicted molar refractivity (Wildman–Crippen MR) is 128 cm³/mol. The van der Waals surface area contributed by atoms with E-state index in [9.17, 15) is 4.79 Å². The predicted octanol–water partition coefficient (Wildman–Crippen LogP) is 5.45. The van der Waals surface area contributed by atoms with Crippen molar-refractivity contribution in [1.82, 2.24) is 14.8 Å². The maximum Gasteiger partial charge on any atom is 0.265 e. The Morgan fingerprint density at radius 1 is 1.09 bits per heavy atom. The van der Waals surface area contributed by atoms with Gasteiger partial charge in [-0.15, -0.1) is 0 Å². The summed E-state index contributed by atoms with van der Waals surface area (Å²) < 4.78 is 7.89. The number of carbonyl (C=O) groups excluding carboxylic acids is 1. The average Bonchev–Trinajstić information content (AvgIpc) is 3.11. The summed E-state index contributed by atoms with van der Waals surface area (Å²) in [5, 5.41) is 8.60. The number of benzene rings is 2. The van der Waals surface area contributed by atoms with Gasteiger partial charge in [0, 0.05) is 18.3 Å². The fourth-order valence-corrected chi connectivity index (χ4v) is 3.88. The monoisotopic (exact) mass is 428 g/mol. The highest BCUT2D eigenvalue weighted by molar-refractivity contribution is 5.96. The molecule has 2 heterocycles. The van der Waals surface area contributed by atoms with E-state index in [0.29, 0.717) is 12.4 Å². The van der Waals surface area contributed by atoms with Crippen LogP contribution in [0.1, 0.15) is 30.7 Å². The van der Waals surface area contributed by atoms with Gasteiger partial charge in [-0.1, -0.05) is 48.0 Å². The number of nitrogens with one attached hydrogen (secondary N) is 1. The molecule has 2 aromatic carbocycles. The van der Waals surface area contributed by atoms with E-state index in [2.05, 4.69) is 22.5 Å². The smallest absolute Gasteiger partial charge is 0.265 e. The van der Waals surface area contributed by atoms with E-state index in [4.69, 9.17) is 9.72 Å². The number of pyridine rings is 1. The first-order chi connectivity index (χ1) is 15.4. The van der Waals surface area contributed by atoms with Gasteiger partial charge in [0.05, 0.1) is 11.1 Å². The molecule has 4 rings (SSSR count). The van der Waals surface area contributed by atoms with Crippen LogP contribution in [0, 0.1) is 20.8 Å². The lowest BCUT2D eigenvalue weighted by Crippen LogP contribution is -2.30. The lowest BCUT2D eigenvalue weighted by atomic mass is 10.0. The first kappa shape index (κ1) is 21.6. The molecular weight excluding hydrogens is 400 g/mol. The molecule has 6 heteroatoms. The van der Waals surface area contributed by atoms with Crippen molar-refractivity contribution in [1.29, 1.82) is 0 Å². The highest BCUT2D eigenvalue weighted by atomic mass is 16.5. The molecule has 0 unspecified atom stereocenters. The van der Waals surface area contributed by atoms with Crippen LogP contribution in [0.4, 0.5) is 5.69 Å². The van der Waals surface area contributed by atoms with E-state index in [1.807, 2.05) is 74.8 Å². The highest BCUT2D eigenvalue weighted by Gasteiger charge is 2.20. The summed E-state index contributed by atoms with van der Waals surface area (Å²) in [4.78, 5) is 17.5. The van der Waals surface area contributed by atoms with Crippen molar-refractivity contribution in [2.45, 2.75) is 47.3 Å². The van der Waals surface area contributed by atoms with Gasteiger partial charge in [0.15, 0.2) is 11.8 Å². The third-order valence-corrected chi connectivity index (χ3v) is 5.54. The summed E-state index contributed by atoms with van der Waals surface area (Å²) in [6.07, 6.45) is -0.719. The second kappa shape index (κ2) is 8.83. The van der Waals surface area contributed by atoms with Crippen molar-refractivity contribution < 1.29 is 9.53 Å². The number of nitrogens with zero attached hydrogens (tertiary/aromatic N) is 3. The standard InChI is InChI=1S/C26H28N4O2/c1-6-30-25-24(18(4)29-30)21(20-10-8-7-9-11-20)15-23(28-25)32-19(5)26(31)27-22-13-12-16(2)14-17(22)3/h7-15,19H,6H2,1-5H3,(H,27,31)/t19-/m0/s1. The number of aryl methyl sites for hydroxylation is 4. The SMILES string of the molecule is CCn1nc(C)c2c(-c3ccccc3)cc(O[C@@H](C)C(=O)Nc3ccc(C)cc3C)nc21. The molecule has 1 atom stereocenters. The van der Waals surface area contributed by atoms with Crippen molar-refractivity contribution in [2.75, 3.05) is 5.32 Å². The molecule has 4 aromatic rings. The fraction of sp³-hybridized carbons (Fsp3) is 0.269. The maximum atomic E-state index is 12.8. The molecule has 164 valence electrons. The Bertz CT molecular complexity index is 1280. The first-order valence-electron chi connectivity index (χ1n) is 10.9. The van der Waals surface area contributed by atoms with Gasteiger partial charge in [-0.3, -0.25) is 4.79 Å². The Labute approximate surface area is 188 Å². The number of ether oxygens (including phenoxy) is 1. The van der Waals surface area contributed by atoms with Crippen LogP contribution in [0.15, 0.2) is 54.6 Å². The lowest BCUT2D eigenvalue weighted by molar-refractivity contribution is -0.122. The molecule has 0 radical (unpaired) electrons. The van der Waals surface area contributed by atoms with Crippen molar-refractivity contribution in [3.05, 3.63) is 71.4 Å². The van der Waals surface area contributed by atoms with Crippen molar-refractivity contribution in [2.24, 2.45) is 0 Å². The topological polar surface area (TPSA) is 69.0 Å². The van der Waals surface area contributed by atoms with E-state index >= 15 is 0 Å². The van der Waals surface area contributed by atoms with Crippen molar-refractivity contribution in [3.8, 4) is 17.0 Å². The molecular formula is C26H28N4O2. The van der Waals surface area contributed by atoms with Crippen LogP contribution in [0.2, 0.25) is 0 Å². The quantitative estimate of drug-likeness (QED) is 0.443. The number of hydrogen-bond acceptors (Lipinski definition) is 4. The Hall–Kier alpha value is -3.67. The van der Waals surface area contributed by atoms with Crippen LogP contribution < -0.4 is 10.1 Å². The molecule has 0 spiro atoms. The molecule has 0 saturated heterocycles. The van der Waals surface area contributed by atoms with Crippen LogP contribution in [0.25, 0.3) is 22.2 Å². The number of aromatic nitrogens is 3. The fourth-order valence-electron chi connectivity index (χ4n) is 3.88. The molecule has 1 N–H and O–H groups in total. The molecule has 0 bridgehead atoms. The number of fused-ring (bicyclic) bond motifs is 1. The molecule has 6 nitrogen and oxygen atoms in total. The van der Waals surface area contributed by atoms with E-state index in [1.54, 1.807) is 6.92 Å². The zero-order valence-corrected chi connectivity index (χ0v) is 19.1. The second-order valence-corrected chi connectivity index (χ2v) is 8.04. The molecule has 1 amide bonds. The number of anilines is 1. The van der Waals surface area contributed by atoms with E-state index in [0.717, 1.165) is 44.7 Å². The van der Waals surface area contributed by atoms with Gasteiger partial charge < -0.3 is 10.1 Å². The summed E-state index contributed by atoms with van der Waals surface area (Å²) in [7, 11) is 0. The molecule has 2 aromatic heterocycles. The summed E-state index contributed by atoms with van der Waals surface area (Å²) >= 11 is 0. The van der Waals surface area contributed by atoms with E-state index in [1.165, 1.54) is 0 Å². The van der Waals surface area contributed by atoms with Crippen LogP contribution in [0.5, 0.6) is 5.88 Å². The Kier molecular flexibility index (Phi) is 5.95. The minimum Gasteiger partial charge on any atom is -0.464 e. The lowest BCUT2D eigenvalue weighted by Gasteiger charge is -2.16. The normalized spacial score (nSPS) is 12.0. The van der Waals surface area contributed by atoms with Gasteiger partial charge in [-0.2, -0.15) is 10.1 Å². The summed E-state index contributed by atoms with van der Waals surface area (Å²) in [5.41, 5.74) is 6.66. The average molecular weight is 429 g/mol. The number of hydrogen-bond donors (Lipinski definition) is 1. The summed E-state index contributed by atoms with van der Waals surface area (Å²) in [6, 6.07) is 17.9. The Morgan fingerprint density at radius 3 is 2.53 bits per heavy atom. The summed E-state index contributed by atoms with van der Waals surface area (Å²) in [5.74, 6) is 0.175. The first-order valence-corrected chi connectivity index (χ1v) is 10.9. The third-order valence-electron chi connectivity index (χ3n) is 5.54. The van der Waals surface area contributed by atoms with Gasteiger partial charge in [0.2, 0.25) is 5.88 Å². The number of amides is 1. The molecule has 0 fully saturated rings. The zero-order valence-electron chi connectivity index (χ0n) is 19.1. The third kappa shape index (κ3) is 4.21. The van der Waals surface area contributed by atoms with E-state index < -0.39 is 6.10 Å². The minimum atomic E-state index is -0.719. The van der Waals surface area contributed by atoms with Gasteiger partial charge >= 0.3 is 0 Å². The van der Waals surface area contributed by atoms with Crippen molar-refractivity contribution in [3.63, 3.8) is 0 Å². The highest BCUT2D eigenvalue weighted by Crippen LogP contribution is 2.33. The zero-order chi connectivity index (χ0) is 22.8. The van der Waals surface area contributed by atoms with Gasteiger partial charge in [0.1, 0.15) is 0 Å². The summed E-state index contributed by atoms with van der Waals surface area (Å²) in [6.45, 7) is 10.4. The molecule has 32 heavy (non-hydrogen) atoms. The van der Waals surface area contributed by atoms with Gasteiger partial charge in [-0.25, -0.2) is 4.68 Å². The van der Waals surface area contributed by atoms with Crippen LogP contribution in [0.3, 0.4) is 0 Å². The van der Waals surface area contributed by atoms with Crippen LogP contribution in [-0.4, -0.2) is 26.8 Å². The van der Waals surface area contributed by atoms with E-state index in [-0.39, 0.29) is 5.91 Å². The molecule has 0 aliphatic heterocycles. The molecule has 0 saturated carbocycles. The molecule has 0 aliphatic carbocycles. The number of carbonyl (C=O) groups is 1. The minimum absolute atomic E-state index is 0.222. The molecule has 0 aliphatic rings. The van der Waals surface area contributed by atoms with Gasteiger partial charge in [0.25, 0.3) is 5.91 Å². The largest absolute Gasteiger partial charge is 0.464 e. The Balaban J connectivity index is 1.67. The van der Waals surface area contributed by atoms with Gasteiger partial charge in [-0.05, 0) is 57.4 Å². The Morgan fingerprint density at radius 2 is 1.84 bits per heavy atom. The second-order valence-electron chi connectivity index (χ2n) is 8.04. The number of rotatable bonds is 6. The van der Waals surface area contributed by atoms with Crippen LogP contribution >= 0.6 is 0 Å².